The van der Waals surface area contributed by atoms with Gasteiger partial charge in [0.25, 0.3) is 0 Å². The van der Waals surface area contributed by atoms with E-state index in [9.17, 15) is 4.79 Å². The lowest BCUT2D eigenvalue weighted by atomic mass is 9.81. The van der Waals surface area contributed by atoms with Crippen LogP contribution in [0.4, 0.5) is 0 Å². The van der Waals surface area contributed by atoms with Gasteiger partial charge in [0.2, 0.25) is 0 Å². The van der Waals surface area contributed by atoms with Crippen LogP contribution in [0.5, 0.6) is 0 Å². The van der Waals surface area contributed by atoms with Gasteiger partial charge >= 0.3 is 0 Å². The van der Waals surface area contributed by atoms with E-state index in [2.05, 4.69) is 10.1 Å². The number of ether oxygens (including phenoxy) is 2. The monoisotopic (exact) mass is 335 g/mol. The highest BCUT2D eigenvalue weighted by Crippen LogP contribution is 2.30. The van der Waals surface area contributed by atoms with Crippen LogP contribution >= 0.6 is 11.6 Å². The minimum absolute atomic E-state index is 0.0164. The predicted molar refractivity (Wildman–Crippen MR) is 84.1 cm³/mol. The number of Topliss-reactive ketones (excluding diaryl/α,β-unsaturated/α-hetero) is 1. The lowest BCUT2D eigenvalue weighted by Crippen LogP contribution is -2.45. The van der Waals surface area contributed by atoms with E-state index in [0.29, 0.717) is 24.7 Å². The van der Waals surface area contributed by atoms with E-state index in [0.717, 1.165) is 5.56 Å². The Balaban J connectivity index is 1.88. The third-order valence-corrected chi connectivity index (χ3v) is 4.21. The van der Waals surface area contributed by atoms with Crippen molar-refractivity contribution in [2.45, 2.75) is 19.4 Å². The summed E-state index contributed by atoms with van der Waals surface area (Å²) in [7, 11) is 0. The molecule has 0 N–H and O–H groups in total. The standard InChI is InChI=1S/C16H18ClN3O3/c1-16(7-22-11-23-8-16)15(21)14(20-10-18-9-19-20)6-12-3-2-4-13(17)5-12/h2-5,9-10,14H,6-8,11H2,1H3. The molecule has 7 heteroatoms. The van der Waals surface area contributed by atoms with E-state index in [1.54, 1.807) is 11.0 Å². The molecule has 0 spiro atoms. The predicted octanol–water partition coefficient (Wildman–Crippen LogP) is 2.29. The van der Waals surface area contributed by atoms with E-state index >= 15 is 0 Å². The largest absolute Gasteiger partial charge is 0.354 e. The van der Waals surface area contributed by atoms with Gasteiger partial charge in [-0.2, -0.15) is 5.10 Å². The Labute approximate surface area is 139 Å². The number of nitrogens with zero attached hydrogens (tertiary/aromatic N) is 3. The Kier molecular flexibility index (Phi) is 4.75. The molecule has 23 heavy (non-hydrogen) atoms. The molecule has 1 aliphatic rings. The average molecular weight is 336 g/mol. The molecule has 0 amide bonds. The van der Waals surface area contributed by atoms with Crippen LogP contribution in [0.2, 0.25) is 5.02 Å². The van der Waals surface area contributed by atoms with Gasteiger partial charge in [0.15, 0.2) is 5.78 Å². The number of carbonyl (C=O) groups excluding carboxylic acids is 1. The molecule has 1 saturated heterocycles. The summed E-state index contributed by atoms with van der Waals surface area (Å²) in [6.45, 7) is 2.76. The highest BCUT2D eigenvalue weighted by Gasteiger charge is 2.41. The molecule has 2 heterocycles. The number of carbonyl (C=O) groups is 1. The molecule has 1 atom stereocenters. The maximum atomic E-state index is 13.1. The number of ketones is 1. The molecule has 0 aliphatic carbocycles. The lowest BCUT2D eigenvalue weighted by Gasteiger charge is -2.34. The smallest absolute Gasteiger partial charge is 0.168 e. The second-order valence-corrected chi connectivity index (χ2v) is 6.40. The summed E-state index contributed by atoms with van der Waals surface area (Å²) in [4.78, 5) is 17.1. The van der Waals surface area contributed by atoms with Crippen LogP contribution in [-0.2, 0) is 20.7 Å². The third-order valence-electron chi connectivity index (χ3n) is 3.98. The van der Waals surface area contributed by atoms with E-state index < -0.39 is 11.5 Å². The maximum absolute atomic E-state index is 13.1. The van der Waals surface area contributed by atoms with Crippen LogP contribution in [0.15, 0.2) is 36.9 Å². The summed E-state index contributed by atoms with van der Waals surface area (Å²) >= 11 is 6.05. The third kappa shape index (κ3) is 3.60. The second-order valence-electron chi connectivity index (χ2n) is 5.97. The normalized spacial score (nSPS) is 18.5. The van der Waals surface area contributed by atoms with E-state index in [1.165, 1.54) is 6.33 Å². The molecule has 0 saturated carbocycles. The van der Waals surface area contributed by atoms with Crippen LogP contribution in [0, 0.1) is 5.41 Å². The Morgan fingerprint density at radius 3 is 2.87 bits per heavy atom. The van der Waals surface area contributed by atoms with Gasteiger partial charge in [-0.15, -0.1) is 0 Å². The first-order valence-electron chi connectivity index (χ1n) is 7.37. The van der Waals surface area contributed by atoms with Crippen molar-refractivity contribution >= 4 is 17.4 Å². The quantitative estimate of drug-likeness (QED) is 0.838. The molecule has 0 bridgehead atoms. The Morgan fingerprint density at radius 2 is 2.22 bits per heavy atom. The number of aromatic nitrogens is 3. The Bertz CT molecular complexity index is 669. The van der Waals surface area contributed by atoms with Crippen molar-refractivity contribution in [3.63, 3.8) is 0 Å². The molecular formula is C16H18ClN3O3. The van der Waals surface area contributed by atoms with Crippen molar-refractivity contribution < 1.29 is 14.3 Å². The number of rotatable bonds is 5. The molecule has 2 aromatic rings. The summed E-state index contributed by atoms with van der Waals surface area (Å²) < 4.78 is 12.3. The first-order valence-corrected chi connectivity index (χ1v) is 7.75. The number of halogens is 1. The number of hydrogen-bond donors (Lipinski definition) is 0. The van der Waals surface area contributed by atoms with Crippen LogP contribution < -0.4 is 0 Å². The van der Waals surface area contributed by atoms with Crippen molar-refractivity contribution in [2.24, 2.45) is 5.41 Å². The highest BCUT2D eigenvalue weighted by molar-refractivity contribution is 6.30. The molecule has 1 aromatic heterocycles. The zero-order valence-electron chi connectivity index (χ0n) is 12.8. The topological polar surface area (TPSA) is 66.2 Å². The molecule has 122 valence electrons. The molecule has 1 fully saturated rings. The van der Waals surface area contributed by atoms with Gasteiger partial charge in [0, 0.05) is 11.4 Å². The summed E-state index contributed by atoms with van der Waals surface area (Å²) in [6, 6.07) is 7.00. The fourth-order valence-electron chi connectivity index (χ4n) is 2.75. The van der Waals surface area contributed by atoms with Crippen molar-refractivity contribution in [3.05, 3.63) is 47.5 Å². The van der Waals surface area contributed by atoms with Crippen LogP contribution in [0.1, 0.15) is 18.5 Å². The molecule has 1 aromatic carbocycles. The summed E-state index contributed by atoms with van der Waals surface area (Å²) in [5.41, 5.74) is 0.264. The summed E-state index contributed by atoms with van der Waals surface area (Å²) in [5.74, 6) is 0.0164. The Hall–Kier alpha value is -1.76. The van der Waals surface area contributed by atoms with Crippen molar-refractivity contribution in [3.8, 4) is 0 Å². The summed E-state index contributed by atoms with van der Waals surface area (Å²) in [6.07, 6.45) is 3.47. The van der Waals surface area contributed by atoms with Crippen molar-refractivity contribution in [2.75, 3.05) is 20.0 Å². The van der Waals surface area contributed by atoms with Gasteiger partial charge < -0.3 is 9.47 Å². The van der Waals surface area contributed by atoms with Crippen LogP contribution in [-0.4, -0.2) is 40.6 Å². The molecule has 1 aliphatic heterocycles. The second kappa shape index (κ2) is 6.78. The molecular weight excluding hydrogens is 318 g/mol. The zero-order chi connectivity index (χ0) is 16.3. The lowest BCUT2D eigenvalue weighted by molar-refractivity contribution is -0.174. The van der Waals surface area contributed by atoms with Crippen molar-refractivity contribution in [1.29, 1.82) is 0 Å². The van der Waals surface area contributed by atoms with Gasteiger partial charge in [-0.3, -0.25) is 4.79 Å². The summed E-state index contributed by atoms with van der Waals surface area (Å²) in [5, 5.41) is 4.79. The average Bonchev–Trinajstić information content (AvgIpc) is 3.07. The molecule has 0 radical (unpaired) electrons. The first kappa shape index (κ1) is 16.1. The van der Waals surface area contributed by atoms with Gasteiger partial charge in [0.05, 0.1) is 18.6 Å². The molecule has 6 nitrogen and oxygen atoms in total. The fourth-order valence-corrected chi connectivity index (χ4v) is 2.96. The van der Waals surface area contributed by atoms with Gasteiger partial charge in [0.1, 0.15) is 25.5 Å². The van der Waals surface area contributed by atoms with Crippen molar-refractivity contribution in [1.82, 2.24) is 14.8 Å². The van der Waals surface area contributed by atoms with E-state index in [1.807, 2.05) is 31.2 Å². The van der Waals surface area contributed by atoms with E-state index in [-0.39, 0.29) is 12.6 Å². The molecule has 3 rings (SSSR count). The minimum Gasteiger partial charge on any atom is -0.354 e. The minimum atomic E-state index is -0.701. The Morgan fingerprint density at radius 1 is 1.43 bits per heavy atom. The van der Waals surface area contributed by atoms with Gasteiger partial charge in [-0.05, 0) is 24.6 Å². The van der Waals surface area contributed by atoms with E-state index in [4.69, 9.17) is 21.1 Å². The number of hydrogen-bond acceptors (Lipinski definition) is 5. The SMILES string of the molecule is CC1(C(=O)C(Cc2cccc(Cl)c2)n2cncn2)COCOC1. The zero-order valence-corrected chi connectivity index (χ0v) is 13.6. The van der Waals surface area contributed by atoms with Gasteiger partial charge in [-0.25, -0.2) is 9.67 Å². The van der Waals surface area contributed by atoms with Crippen LogP contribution in [0.3, 0.4) is 0 Å². The first-order chi connectivity index (χ1) is 11.1. The maximum Gasteiger partial charge on any atom is 0.168 e. The molecule has 1 unspecified atom stereocenters. The highest BCUT2D eigenvalue weighted by atomic mass is 35.5. The van der Waals surface area contributed by atoms with Gasteiger partial charge in [-0.1, -0.05) is 23.7 Å². The fraction of sp³-hybridized carbons (Fsp3) is 0.438. The number of benzene rings is 1. The van der Waals surface area contributed by atoms with Crippen LogP contribution in [0.25, 0.3) is 0 Å².